The van der Waals surface area contributed by atoms with Crippen molar-refractivity contribution >= 4 is 23.6 Å². The van der Waals surface area contributed by atoms with Gasteiger partial charge in [-0.2, -0.15) is 0 Å². The summed E-state index contributed by atoms with van der Waals surface area (Å²) in [7, 11) is 0. The molecule has 18 heavy (non-hydrogen) atoms. The summed E-state index contributed by atoms with van der Waals surface area (Å²) in [5.41, 5.74) is 0. The van der Waals surface area contributed by atoms with Crippen LogP contribution in [0.15, 0.2) is 29.4 Å². The van der Waals surface area contributed by atoms with Crippen molar-refractivity contribution in [1.82, 2.24) is 9.88 Å². The fourth-order valence-electron chi connectivity index (χ4n) is 1.18. The van der Waals surface area contributed by atoms with Crippen LogP contribution in [-0.4, -0.2) is 45.7 Å². The van der Waals surface area contributed by atoms with Crippen molar-refractivity contribution in [2.24, 2.45) is 0 Å². The molecule has 0 saturated carbocycles. The molecule has 1 heterocycles. The van der Waals surface area contributed by atoms with Gasteiger partial charge in [-0.15, -0.1) is 18.2 Å². The maximum atomic E-state index is 11.8. The van der Waals surface area contributed by atoms with Gasteiger partial charge in [-0.1, -0.05) is 5.92 Å². The minimum atomic E-state index is -1.08. The molecule has 5 nitrogen and oxygen atoms in total. The molecule has 0 fully saturated rings. The van der Waals surface area contributed by atoms with Crippen LogP contribution in [0.2, 0.25) is 0 Å². The molecular formula is C12H12N2O3S. The molecule has 0 spiro atoms. The molecule has 1 rings (SSSR count). The van der Waals surface area contributed by atoms with Gasteiger partial charge >= 0.3 is 5.97 Å². The number of rotatable bonds is 6. The monoisotopic (exact) mass is 264 g/mol. The molecule has 0 saturated heterocycles. The third kappa shape index (κ3) is 4.89. The highest BCUT2D eigenvalue weighted by molar-refractivity contribution is 8.00. The topological polar surface area (TPSA) is 70.5 Å². The molecule has 94 valence electrons. The highest BCUT2D eigenvalue weighted by Crippen LogP contribution is 2.16. The van der Waals surface area contributed by atoms with Crippen LogP contribution in [-0.2, 0) is 9.59 Å². The Kier molecular flexibility index (Phi) is 5.74. The van der Waals surface area contributed by atoms with Crippen LogP contribution in [0.1, 0.15) is 0 Å². The Labute approximate surface area is 109 Å². The second-order valence-electron chi connectivity index (χ2n) is 3.32. The minimum Gasteiger partial charge on any atom is -0.480 e. The normalized spacial score (nSPS) is 9.50. The number of amides is 1. The molecule has 1 amide bonds. The predicted octanol–water partition coefficient (Wildman–Crippen LogP) is 0.720. The first-order chi connectivity index (χ1) is 8.63. The van der Waals surface area contributed by atoms with Crippen LogP contribution in [0.4, 0.5) is 0 Å². The molecule has 0 aromatic carbocycles. The van der Waals surface area contributed by atoms with Crippen molar-refractivity contribution in [3.63, 3.8) is 0 Å². The average Bonchev–Trinajstić information content (AvgIpc) is 2.36. The number of nitrogens with zero attached hydrogens (tertiary/aromatic N) is 2. The van der Waals surface area contributed by atoms with Gasteiger partial charge in [0.2, 0.25) is 5.91 Å². The van der Waals surface area contributed by atoms with E-state index in [4.69, 9.17) is 11.5 Å². The highest BCUT2D eigenvalue weighted by Gasteiger charge is 2.15. The first kappa shape index (κ1) is 14.1. The number of aliphatic carboxylic acids is 1. The Morgan fingerprint density at radius 3 is 2.67 bits per heavy atom. The molecule has 0 aliphatic carbocycles. The van der Waals surface area contributed by atoms with E-state index in [1.54, 1.807) is 24.5 Å². The summed E-state index contributed by atoms with van der Waals surface area (Å²) in [5, 5.41) is 8.67. The van der Waals surface area contributed by atoms with Gasteiger partial charge in [0.05, 0.1) is 12.3 Å². The lowest BCUT2D eigenvalue weighted by Gasteiger charge is -2.17. The first-order valence-corrected chi connectivity index (χ1v) is 6.08. The van der Waals surface area contributed by atoms with Crippen LogP contribution in [0, 0.1) is 12.3 Å². The van der Waals surface area contributed by atoms with E-state index in [-0.39, 0.29) is 24.7 Å². The molecule has 0 aliphatic rings. The number of aromatic nitrogens is 1. The van der Waals surface area contributed by atoms with Crippen molar-refractivity contribution in [2.45, 2.75) is 4.90 Å². The van der Waals surface area contributed by atoms with Gasteiger partial charge in [-0.05, 0) is 12.1 Å². The Hall–Kier alpha value is -2.00. The van der Waals surface area contributed by atoms with Crippen molar-refractivity contribution in [3.05, 3.63) is 24.5 Å². The summed E-state index contributed by atoms with van der Waals surface area (Å²) in [5.74, 6) is 1.06. The number of carbonyl (C=O) groups excluding carboxylic acids is 1. The third-order valence-corrected chi connectivity index (χ3v) is 2.97. The summed E-state index contributed by atoms with van der Waals surface area (Å²) in [6.45, 7) is -0.373. The van der Waals surface area contributed by atoms with Gasteiger partial charge in [-0.3, -0.25) is 14.6 Å². The minimum absolute atomic E-state index is 0.00202. The summed E-state index contributed by atoms with van der Waals surface area (Å²) >= 11 is 1.32. The number of pyridine rings is 1. The largest absolute Gasteiger partial charge is 0.480 e. The van der Waals surface area contributed by atoms with Crippen molar-refractivity contribution in [2.75, 3.05) is 18.8 Å². The fourth-order valence-corrected chi connectivity index (χ4v) is 1.96. The lowest BCUT2D eigenvalue weighted by molar-refractivity contribution is -0.143. The zero-order valence-corrected chi connectivity index (χ0v) is 10.4. The molecule has 1 aromatic rings. The SMILES string of the molecule is C#CCN(CC(=O)O)C(=O)CSc1ccncc1. The van der Waals surface area contributed by atoms with Crippen LogP contribution in [0.5, 0.6) is 0 Å². The number of carboxylic acids is 1. The van der Waals surface area contributed by atoms with E-state index in [9.17, 15) is 9.59 Å². The molecule has 0 aliphatic heterocycles. The molecule has 0 atom stereocenters. The van der Waals surface area contributed by atoms with Gasteiger partial charge in [0.1, 0.15) is 6.54 Å². The second kappa shape index (κ2) is 7.35. The standard InChI is InChI=1S/C12H12N2O3S/c1-2-7-14(8-12(16)17)11(15)9-18-10-3-5-13-6-4-10/h1,3-6H,7-9H2,(H,16,17). The smallest absolute Gasteiger partial charge is 0.323 e. The van der Waals surface area contributed by atoms with E-state index in [2.05, 4.69) is 10.9 Å². The Balaban J connectivity index is 2.52. The van der Waals surface area contributed by atoms with Gasteiger partial charge in [0, 0.05) is 17.3 Å². The zero-order valence-electron chi connectivity index (χ0n) is 9.57. The summed E-state index contributed by atoms with van der Waals surface area (Å²) in [6.07, 6.45) is 8.35. The van der Waals surface area contributed by atoms with Crippen LogP contribution < -0.4 is 0 Å². The number of carbonyl (C=O) groups is 2. The van der Waals surface area contributed by atoms with Gasteiger partial charge in [-0.25, -0.2) is 0 Å². The van der Waals surface area contributed by atoms with E-state index in [0.29, 0.717) is 0 Å². The molecular weight excluding hydrogens is 252 g/mol. The third-order valence-electron chi connectivity index (χ3n) is 1.97. The van der Waals surface area contributed by atoms with E-state index >= 15 is 0 Å². The quantitative estimate of drug-likeness (QED) is 0.605. The number of hydrogen-bond donors (Lipinski definition) is 1. The van der Waals surface area contributed by atoms with Crippen molar-refractivity contribution in [1.29, 1.82) is 0 Å². The van der Waals surface area contributed by atoms with E-state index in [1.165, 1.54) is 11.8 Å². The van der Waals surface area contributed by atoms with E-state index in [1.807, 2.05) is 0 Å². The first-order valence-electron chi connectivity index (χ1n) is 5.09. The lowest BCUT2D eigenvalue weighted by Crippen LogP contribution is -2.37. The molecule has 0 radical (unpaired) electrons. The number of terminal acetylenes is 1. The lowest BCUT2D eigenvalue weighted by atomic mass is 10.4. The fraction of sp³-hybridized carbons (Fsp3) is 0.250. The molecule has 0 bridgehead atoms. The number of thioether (sulfide) groups is 1. The molecule has 1 N–H and O–H groups in total. The second-order valence-corrected chi connectivity index (χ2v) is 4.37. The summed E-state index contributed by atoms with van der Waals surface area (Å²) in [6, 6.07) is 3.56. The summed E-state index contributed by atoms with van der Waals surface area (Å²) in [4.78, 5) is 28.3. The predicted molar refractivity (Wildman–Crippen MR) is 68.0 cm³/mol. The maximum absolute atomic E-state index is 11.8. The van der Waals surface area contributed by atoms with Crippen molar-refractivity contribution < 1.29 is 14.7 Å². The van der Waals surface area contributed by atoms with Crippen LogP contribution >= 0.6 is 11.8 Å². The number of carboxylic acid groups (broad SMARTS) is 1. The van der Waals surface area contributed by atoms with Gasteiger partial charge in [0.15, 0.2) is 0 Å². The Bertz CT molecular complexity index is 456. The Morgan fingerprint density at radius 2 is 2.11 bits per heavy atom. The molecule has 0 unspecified atom stereocenters. The van der Waals surface area contributed by atoms with Crippen LogP contribution in [0.3, 0.4) is 0 Å². The van der Waals surface area contributed by atoms with Crippen LogP contribution in [0.25, 0.3) is 0 Å². The zero-order chi connectivity index (χ0) is 13.4. The van der Waals surface area contributed by atoms with E-state index < -0.39 is 5.97 Å². The average molecular weight is 264 g/mol. The van der Waals surface area contributed by atoms with Gasteiger partial charge in [0.25, 0.3) is 0 Å². The highest BCUT2D eigenvalue weighted by atomic mass is 32.2. The van der Waals surface area contributed by atoms with E-state index in [0.717, 1.165) is 9.80 Å². The molecule has 6 heteroatoms. The number of hydrogen-bond acceptors (Lipinski definition) is 4. The maximum Gasteiger partial charge on any atom is 0.323 e. The molecule has 1 aromatic heterocycles. The van der Waals surface area contributed by atoms with Gasteiger partial charge < -0.3 is 10.0 Å². The summed E-state index contributed by atoms with van der Waals surface area (Å²) < 4.78 is 0. The van der Waals surface area contributed by atoms with Crippen molar-refractivity contribution in [3.8, 4) is 12.3 Å². The Morgan fingerprint density at radius 1 is 1.44 bits per heavy atom.